The lowest BCUT2D eigenvalue weighted by Crippen LogP contribution is -2.25. The van der Waals surface area contributed by atoms with Gasteiger partial charge in [0.2, 0.25) is 0 Å². The Morgan fingerprint density at radius 3 is 2.50 bits per heavy atom. The Kier molecular flexibility index (Phi) is 5.90. The molecular formula is C19H20N2O3S2. The first kappa shape index (κ1) is 18.4. The van der Waals surface area contributed by atoms with Crippen LogP contribution < -0.4 is 14.8 Å². The van der Waals surface area contributed by atoms with Crippen LogP contribution in [0.15, 0.2) is 35.7 Å². The normalized spacial score (nSPS) is 10.6. The van der Waals surface area contributed by atoms with E-state index >= 15 is 0 Å². The van der Waals surface area contributed by atoms with E-state index in [2.05, 4.69) is 27.8 Å². The second-order valence-electron chi connectivity index (χ2n) is 5.62. The zero-order valence-corrected chi connectivity index (χ0v) is 16.5. The number of amides is 1. The molecule has 0 aliphatic heterocycles. The molecule has 0 spiro atoms. The summed E-state index contributed by atoms with van der Waals surface area (Å²) in [6.45, 7) is 2.57. The molecule has 0 aliphatic carbocycles. The fraction of sp³-hybridized carbons (Fsp3) is 0.263. The minimum Gasteiger partial charge on any atom is -0.497 e. The average Bonchev–Trinajstić information content (AvgIpc) is 3.30. The largest absolute Gasteiger partial charge is 0.497 e. The molecule has 0 saturated carbocycles. The first-order chi connectivity index (χ1) is 12.6. The molecular weight excluding hydrogens is 368 g/mol. The summed E-state index contributed by atoms with van der Waals surface area (Å²) in [5.41, 5.74) is 1.54. The standard InChI is InChI=1S/C19H20N2O3S2/c1-12-21-17(11-25-12)18-5-4-16(26-18)6-7-20-19(22)13-8-14(23-2)10-15(9-13)24-3/h4-5,8-11H,6-7H2,1-3H3,(H,20,22). The van der Waals surface area contributed by atoms with Crippen molar-refractivity contribution in [3.8, 4) is 22.1 Å². The topological polar surface area (TPSA) is 60.5 Å². The van der Waals surface area contributed by atoms with E-state index in [0.29, 0.717) is 23.6 Å². The quantitative estimate of drug-likeness (QED) is 0.660. The molecule has 3 aromatic rings. The van der Waals surface area contributed by atoms with Gasteiger partial charge in [0.15, 0.2) is 0 Å². The summed E-state index contributed by atoms with van der Waals surface area (Å²) in [6.07, 6.45) is 0.778. The summed E-state index contributed by atoms with van der Waals surface area (Å²) in [7, 11) is 3.13. The first-order valence-corrected chi connectivity index (χ1v) is 9.81. The number of ether oxygens (including phenoxy) is 2. The summed E-state index contributed by atoms with van der Waals surface area (Å²) in [4.78, 5) is 19.3. The van der Waals surface area contributed by atoms with Crippen LogP contribution in [-0.2, 0) is 6.42 Å². The number of benzene rings is 1. The monoisotopic (exact) mass is 388 g/mol. The molecule has 1 amide bonds. The minimum atomic E-state index is -0.144. The number of hydrogen-bond donors (Lipinski definition) is 1. The maximum absolute atomic E-state index is 12.4. The fourth-order valence-corrected chi connectivity index (χ4v) is 4.12. The molecule has 1 N–H and O–H groups in total. The molecule has 2 heterocycles. The van der Waals surface area contributed by atoms with E-state index in [1.807, 2.05) is 6.92 Å². The molecule has 136 valence electrons. The van der Waals surface area contributed by atoms with Crippen molar-refractivity contribution in [3.63, 3.8) is 0 Å². The summed E-state index contributed by atoms with van der Waals surface area (Å²) in [5.74, 6) is 1.04. The molecule has 3 rings (SSSR count). The van der Waals surface area contributed by atoms with Crippen LogP contribution in [0.5, 0.6) is 11.5 Å². The maximum atomic E-state index is 12.4. The molecule has 0 bridgehead atoms. The molecule has 0 saturated heterocycles. The second kappa shape index (κ2) is 8.33. The molecule has 1 aromatic carbocycles. The molecule has 0 radical (unpaired) electrons. The van der Waals surface area contributed by atoms with Crippen LogP contribution in [0.3, 0.4) is 0 Å². The highest BCUT2D eigenvalue weighted by molar-refractivity contribution is 7.16. The zero-order valence-electron chi connectivity index (χ0n) is 14.9. The van der Waals surface area contributed by atoms with Crippen molar-refractivity contribution in [3.05, 3.63) is 51.2 Å². The third-order valence-electron chi connectivity index (χ3n) is 3.80. The van der Waals surface area contributed by atoms with E-state index in [9.17, 15) is 4.79 Å². The Bertz CT molecular complexity index is 880. The zero-order chi connectivity index (χ0) is 18.5. The number of nitrogens with zero attached hydrogens (tertiary/aromatic N) is 1. The van der Waals surface area contributed by atoms with Gasteiger partial charge in [-0.1, -0.05) is 0 Å². The third-order valence-corrected chi connectivity index (χ3v) is 5.74. The number of carbonyl (C=O) groups excluding carboxylic acids is 1. The van der Waals surface area contributed by atoms with E-state index in [0.717, 1.165) is 22.0 Å². The van der Waals surface area contributed by atoms with E-state index in [1.165, 1.54) is 4.88 Å². The number of rotatable bonds is 7. The van der Waals surface area contributed by atoms with Gasteiger partial charge in [0.05, 0.1) is 29.8 Å². The molecule has 0 aliphatic rings. The Hall–Kier alpha value is -2.38. The van der Waals surface area contributed by atoms with Crippen LogP contribution in [0, 0.1) is 6.92 Å². The van der Waals surface area contributed by atoms with Crippen molar-refractivity contribution in [1.29, 1.82) is 0 Å². The van der Waals surface area contributed by atoms with Gasteiger partial charge in [0.1, 0.15) is 11.5 Å². The van der Waals surface area contributed by atoms with Crippen LogP contribution in [-0.4, -0.2) is 31.7 Å². The molecule has 0 atom stereocenters. The highest BCUT2D eigenvalue weighted by Crippen LogP contribution is 2.29. The molecule has 5 nitrogen and oxygen atoms in total. The van der Waals surface area contributed by atoms with Gasteiger partial charge < -0.3 is 14.8 Å². The van der Waals surface area contributed by atoms with Crippen molar-refractivity contribution in [2.45, 2.75) is 13.3 Å². The van der Waals surface area contributed by atoms with Gasteiger partial charge in [-0.05, 0) is 37.6 Å². The van der Waals surface area contributed by atoms with Gasteiger partial charge >= 0.3 is 0 Å². The number of aromatic nitrogens is 1. The second-order valence-corrected chi connectivity index (χ2v) is 7.86. The molecule has 2 aromatic heterocycles. The van der Waals surface area contributed by atoms with Crippen LogP contribution in [0.1, 0.15) is 20.2 Å². The number of aryl methyl sites for hydroxylation is 1. The average molecular weight is 389 g/mol. The molecule has 7 heteroatoms. The number of methoxy groups -OCH3 is 2. The number of thiophene rings is 1. The SMILES string of the molecule is COc1cc(OC)cc(C(=O)NCCc2ccc(-c3csc(C)n3)s2)c1. The van der Waals surface area contributed by atoms with Crippen molar-refractivity contribution in [1.82, 2.24) is 10.3 Å². The Morgan fingerprint density at radius 2 is 1.88 bits per heavy atom. The molecule has 0 unspecified atom stereocenters. The Labute approximate surface area is 160 Å². The fourth-order valence-electron chi connectivity index (χ4n) is 2.47. The predicted octanol–water partition coefficient (Wildman–Crippen LogP) is 4.17. The smallest absolute Gasteiger partial charge is 0.251 e. The van der Waals surface area contributed by atoms with Crippen molar-refractivity contribution in [2.24, 2.45) is 0 Å². The lowest BCUT2D eigenvalue weighted by atomic mass is 10.2. The predicted molar refractivity (Wildman–Crippen MR) is 106 cm³/mol. The highest BCUT2D eigenvalue weighted by Gasteiger charge is 2.10. The number of carbonyl (C=O) groups is 1. The number of hydrogen-bond acceptors (Lipinski definition) is 6. The minimum absolute atomic E-state index is 0.144. The lowest BCUT2D eigenvalue weighted by molar-refractivity contribution is 0.0953. The summed E-state index contributed by atoms with van der Waals surface area (Å²) < 4.78 is 10.4. The highest BCUT2D eigenvalue weighted by atomic mass is 32.1. The third kappa shape index (κ3) is 4.42. The van der Waals surface area contributed by atoms with E-state index in [1.54, 1.807) is 55.1 Å². The molecule has 0 fully saturated rings. The van der Waals surface area contributed by atoms with E-state index in [4.69, 9.17) is 9.47 Å². The van der Waals surface area contributed by atoms with E-state index < -0.39 is 0 Å². The summed E-state index contributed by atoms with van der Waals surface area (Å²) in [6, 6.07) is 9.32. The molecule has 26 heavy (non-hydrogen) atoms. The van der Waals surface area contributed by atoms with Crippen LogP contribution >= 0.6 is 22.7 Å². The van der Waals surface area contributed by atoms with Crippen molar-refractivity contribution < 1.29 is 14.3 Å². The number of nitrogens with one attached hydrogen (secondary N) is 1. The van der Waals surface area contributed by atoms with Crippen molar-refractivity contribution >= 4 is 28.6 Å². The number of thiazole rings is 1. The van der Waals surface area contributed by atoms with Gasteiger partial charge in [-0.25, -0.2) is 4.98 Å². The Balaban J connectivity index is 1.58. The van der Waals surface area contributed by atoms with E-state index in [-0.39, 0.29) is 5.91 Å². The van der Waals surface area contributed by atoms with Gasteiger partial charge in [0, 0.05) is 28.4 Å². The summed E-state index contributed by atoms with van der Waals surface area (Å²) >= 11 is 3.36. The van der Waals surface area contributed by atoms with Crippen LogP contribution in [0.2, 0.25) is 0 Å². The van der Waals surface area contributed by atoms with Crippen LogP contribution in [0.4, 0.5) is 0 Å². The maximum Gasteiger partial charge on any atom is 0.251 e. The van der Waals surface area contributed by atoms with Gasteiger partial charge in [-0.2, -0.15) is 0 Å². The summed E-state index contributed by atoms with van der Waals surface area (Å²) in [5, 5.41) is 6.08. The van der Waals surface area contributed by atoms with Crippen LogP contribution in [0.25, 0.3) is 10.6 Å². The lowest BCUT2D eigenvalue weighted by Gasteiger charge is -2.09. The van der Waals surface area contributed by atoms with Gasteiger partial charge in [0.25, 0.3) is 5.91 Å². The van der Waals surface area contributed by atoms with Crippen molar-refractivity contribution in [2.75, 3.05) is 20.8 Å². The first-order valence-electron chi connectivity index (χ1n) is 8.11. The Morgan fingerprint density at radius 1 is 1.15 bits per heavy atom. The van der Waals surface area contributed by atoms with Gasteiger partial charge in [-0.3, -0.25) is 4.79 Å². The van der Waals surface area contributed by atoms with Gasteiger partial charge in [-0.15, -0.1) is 22.7 Å².